The van der Waals surface area contributed by atoms with Crippen LogP contribution in [0.3, 0.4) is 0 Å². The van der Waals surface area contributed by atoms with Gasteiger partial charge in [-0.05, 0) is 25.3 Å². The summed E-state index contributed by atoms with van der Waals surface area (Å²) in [6.07, 6.45) is 3.51. The van der Waals surface area contributed by atoms with Gasteiger partial charge in [0.2, 0.25) is 0 Å². The van der Waals surface area contributed by atoms with Crippen LogP contribution in [0.1, 0.15) is 5.56 Å². The number of nitrogens with two attached hydrogens (primary N) is 1. The van der Waals surface area contributed by atoms with Crippen LogP contribution in [-0.4, -0.2) is 16.2 Å². The molecule has 3 N–H and O–H groups in total. The van der Waals surface area contributed by atoms with Crippen molar-refractivity contribution in [1.82, 2.24) is 9.97 Å². The highest BCUT2D eigenvalue weighted by Gasteiger charge is 2.06. The van der Waals surface area contributed by atoms with Gasteiger partial charge in [-0.3, -0.25) is 0 Å². The summed E-state index contributed by atoms with van der Waals surface area (Å²) in [5.41, 5.74) is 7.64. The molecule has 0 aliphatic carbocycles. The van der Waals surface area contributed by atoms with Crippen LogP contribution in [-0.2, 0) is 0 Å². The number of rotatable bonds is 3. The van der Waals surface area contributed by atoms with Gasteiger partial charge in [0.25, 0.3) is 0 Å². The van der Waals surface area contributed by atoms with E-state index in [1.807, 2.05) is 31.4 Å². The van der Waals surface area contributed by atoms with Gasteiger partial charge in [-0.1, -0.05) is 12.1 Å². The van der Waals surface area contributed by atoms with E-state index >= 15 is 0 Å². The minimum atomic E-state index is 0.504. The number of nitrogens with one attached hydrogen (secondary N) is 1. The molecule has 0 radical (unpaired) electrons. The molecule has 1 heterocycles. The van der Waals surface area contributed by atoms with Crippen LogP contribution < -0.4 is 11.1 Å². The summed E-state index contributed by atoms with van der Waals surface area (Å²) in [7, 11) is 0. The average Bonchev–Trinajstić information content (AvgIpc) is 2.35. The van der Waals surface area contributed by atoms with Crippen molar-refractivity contribution in [1.29, 1.82) is 0 Å². The molecule has 5 heteroatoms. The van der Waals surface area contributed by atoms with Crippen molar-refractivity contribution >= 4 is 29.1 Å². The first kappa shape index (κ1) is 11.7. The molecule has 0 fully saturated rings. The van der Waals surface area contributed by atoms with Gasteiger partial charge in [-0.15, -0.1) is 11.8 Å². The molecule has 0 spiro atoms. The van der Waals surface area contributed by atoms with Gasteiger partial charge in [0.1, 0.15) is 18.0 Å². The van der Waals surface area contributed by atoms with E-state index in [0.717, 1.165) is 17.1 Å². The highest BCUT2D eigenvalue weighted by molar-refractivity contribution is 7.98. The maximum absolute atomic E-state index is 5.75. The molecule has 0 unspecified atom stereocenters. The summed E-state index contributed by atoms with van der Waals surface area (Å²) in [6, 6.07) is 8.08. The normalized spacial score (nSPS) is 10.2. The Morgan fingerprint density at radius 3 is 2.76 bits per heavy atom. The number of para-hydroxylation sites is 1. The third-order valence-electron chi connectivity index (χ3n) is 2.48. The Morgan fingerprint density at radius 2 is 2.00 bits per heavy atom. The summed E-state index contributed by atoms with van der Waals surface area (Å²) >= 11 is 1.69. The Balaban J connectivity index is 2.35. The first-order valence-electron chi connectivity index (χ1n) is 5.19. The number of hydrogen-bond donors (Lipinski definition) is 2. The molecule has 1 aromatic carbocycles. The minimum Gasteiger partial charge on any atom is -0.383 e. The second kappa shape index (κ2) is 5.05. The van der Waals surface area contributed by atoms with E-state index in [-0.39, 0.29) is 0 Å². The number of nitrogen functional groups attached to an aromatic ring is 1. The molecular formula is C12H14N4S. The highest BCUT2D eigenvalue weighted by atomic mass is 32.2. The maximum atomic E-state index is 5.75. The van der Waals surface area contributed by atoms with E-state index in [1.54, 1.807) is 11.8 Å². The molecule has 88 valence electrons. The van der Waals surface area contributed by atoms with Crippen LogP contribution in [0.5, 0.6) is 0 Å². The van der Waals surface area contributed by atoms with Gasteiger partial charge in [0.05, 0.1) is 5.69 Å². The zero-order chi connectivity index (χ0) is 12.3. The van der Waals surface area contributed by atoms with E-state index in [2.05, 4.69) is 21.4 Å². The van der Waals surface area contributed by atoms with Gasteiger partial charge in [-0.2, -0.15) is 0 Å². The molecule has 17 heavy (non-hydrogen) atoms. The fraction of sp³-hybridized carbons (Fsp3) is 0.167. The zero-order valence-corrected chi connectivity index (χ0v) is 10.6. The predicted molar refractivity (Wildman–Crippen MR) is 72.7 cm³/mol. The van der Waals surface area contributed by atoms with Gasteiger partial charge >= 0.3 is 0 Å². The van der Waals surface area contributed by atoms with Crippen molar-refractivity contribution in [2.45, 2.75) is 11.8 Å². The molecule has 2 aromatic rings. The Labute approximate surface area is 105 Å². The van der Waals surface area contributed by atoms with E-state index in [0.29, 0.717) is 5.82 Å². The quantitative estimate of drug-likeness (QED) is 0.815. The van der Waals surface area contributed by atoms with Crippen LogP contribution in [0.4, 0.5) is 17.3 Å². The Morgan fingerprint density at radius 1 is 1.24 bits per heavy atom. The first-order chi connectivity index (χ1) is 8.22. The number of benzene rings is 1. The topological polar surface area (TPSA) is 63.8 Å². The first-order valence-corrected chi connectivity index (χ1v) is 6.42. The number of hydrogen-bond acceptors (Lipinski definition) is 5. The molecule has 0 amide bonds. The summed E-state index contributed by atoms with van der Waals surface area (Å²) in [6.45, 7) is 1.90. The fourth-order valence-electron chi connectivity index (χ4n) is 1.47. The molecule has 0 saturated heterocycles. The predicted octanol–water partition coefficient (Wildman–Crippen LogP) is 2.83. The molecule has 0 atom stereocenters. The van der Waals surface area contributed by atoms with Gasteiger partial charge in [-0.25, -0.2) is 9.97 Å². The second-order valence-electron chi connectivity index (χ2n) is 3.56. The SMILES string of the molecule is CSc1ccccc1Nc1ncnc(N)c1C. The monoisotopic (exact) mass is 246 g/mol. The highest BCUT2D eigenvalue weighted by Crippen LogP contribution is 2.28. The van der Waals surface area contributed by atoms with E-state index in [9.17, 15) is 0 Å². The summed E-state index contributed by atoms with van der Waals surface area (Å²) < 4.78 is 0. The fourth-order valence-corrected chi connectivity index (χ4v) is 2.02. The van der Waals surface area contributed by atoms with Gasteiger partial charge in [0, 0.05) is 10.5 Å². The van der Waals surface area contributed by atoms with Crippen LogP contribution in [0.2, 0.25) is 0 Å². The largest absolute Gasteiger partial charge is 0.383 e. The van der Waals surface area contributed by atoms with Crippen molar-refractivity contribution in [2.24, 2.45) is 0 Å². The molecule has 0 bridgehead atoms. The smallest absolute Gasteiger partial charge is 0.138 e. The zero-order valence-electron chi connectivity index (χ0n) is 9.77. The number of aromatic nitrogens is 2. The second-order valence-corrected chi connectivity index (χ2v) is 4.41. The third kappa shape index (κ3) is 2.50. The third-order valence-corrected chi connectivity index (χ3v) is 3.28. The van der Waals surface area contributed by atoms with Crippen molar-refractivity contribution in [2.75, 3.05) is 17.3 Å². The number of anilines is 3. The molecule has 4 nitrogen and oxygen atoms in total. The lowest BCUT2D eigenvalue weighted by molar-refractivity contribution is 1.14. The van der Waals surface area contributed by atoms with E-state index in [4.69, 9.17) is 5.73 Å². The summed E-state index contributed by atoms with van der Waals surface area (Å²) in [5.74, 6) is 1.25. The lowest BCUT2D eigenvalue weighted by atomic mass is 10.3. The molecule has 0 aliphatic heterocycles. The molecule has 2 rings (SSSR count). The molecular weight excluding hydrogens is 232 g/mol. The standard InChI is InChI=1S/C12H14N4S/c1-8-11(13)14-7-15-12(8)16-9-5-3-4-6-10(9)17-2/h3-7H,1-2H3,(H3,13,14,15,16). The van der Waals surface area contributed by atoms with Crippen LogP contribution in [0, 0.1) is 6.92 Å². The lowest BCUT2D eigenvalue weighted by Crippen LogP contribution is -2.02. The van der Waals surface area contributed by atoms with E-state index < -0.39 is 0 Å². The van der Waals surface area contributed by atoms with Crippen molar-refractivity contribution in [3.63, 3.8) is 0 Å². The Hall–Kier alpha value is -1.75. The Kier molecular flexibility index (Phi) is 3.49. The maximum Gasteiger partial charge on any atom is 0.138 e. The molecule has 1 aromatic heterocycles. The average molecular weight is 246 g/mol. The number of nitrogens with zero attached hydrogens (tertiary/aromatic N) is 2. The van der Waals surface area contributed by atoms with Crippen molar-refractivity contribution in [3.8, 4) is 0 Å². The number of thioether (sulfide) groups is 1. The van der Waals surface area contributed by atoms with Crippen LogP contribution in [0.25, 0.3) is 0 Å². The van der Waals surface area contributed by atoms with E-state index in [1.165, 1.54) is 11.2 Å². The molecule has 0 aliphatic rings. The van der Waals surface area contributed by atoms with Crippen molar-refractivity contribution in [3.05, 3.63) is 36.2 Å². The summed E-state index contributed by atoms with van der Waals surface area (Å²) in [5, 5.41) is 3.28. The minimum absolute atomic E-state index is 0.504. The van der Waals surface area contributed by atoms with Crippen molar-refractivity contribution < 1.29 is 0 Å². The van der Waals surface area contributed by atoms with Crippen LogP contribution in [0.15, 0.2) is 35.5 Å². The molecule has 0 saturated carbocycles. The lowest BCUT2D eigenvalue weighted by Gasteiger charge is -2.11. The van der Waals surface area contributed by atoms with Gasteiger partial charge in [0.15, 0.2) is 0 Å². The summed E-state index contributed by atoms with van der Waals surface area (Å²) in [4.78, 5) is 9.31. The van der Waals surface area contributed by atoms with Crippen LogP contribution >= 0.6 is 11.8 Å². The van der Waals surface area contributed by atoms with Gasteiger partial charge < -0.3 is 11.1 Å². The Bertz CT molecular complexity index is 528.